The lowest BCUT2D eigenvalue weighted by Crippen LogP contribution is -2.40. The highest BCUT2D eigenvalue weighted by Crippen LogP contribution is 2.47. The van der Waals surface area contributed by atoms with Crippen molar-refractivity contribution >= 4 is 19.2 Å². The zero-order valence-corrected chi connectivity index (χ0v) is 24.9. The van der Waals surface area contributed by atoms with Gasteiger partial charge in [-0.05, 0) is 44.0 Å². The van der Waals surface area contributed by atoms with Crippen molar-refractivity contribution in [2.45, 2.75) is 70.5 Å². The highest BCUT2D eigenvalue weighted by Gasteiger charge is 2.57. The highest BCUT2D eigenvalue weighted by molar-refractivity contribution is 7.52. The minimum atomic E-state index is -4.29. The number of carbonyl (C=O) groups is 1. The minimum Gasteiger partial charge on any atom is -0.464 e. The average Bonchev–Trinajstić information content (AvgIpc) is 3.53. The molecule has 0 radical (unpaired) electrons. The minimum absolute atomic E-state index is 0.203. The van der Waals surface area contributed by atoms with Gasteiger partial charge in [-0.15, -0.1) is 0 Å². The second kappa shape index (κ2) is 13.3. The fourth-order valence-electron chi connectivity index (χ4n) is 4.82. The van der Waals surface area contributed by atoms with Crippen LogP contribution in [-0.2, 0) is 29.0 Å². The van der Waals surface area contributed by atoms with E-state index in [-0.39, 0.29) is 24.0 Å². The van der Waals surface area contributed by atoms with Gasteiger partial charge in [-0.3, -0.25) is 14.3 Å². The highest BCUT2D eigenvalue weighted by atomic mass is 31.2. The second-order valence-corrected chi connectivity index (χ2v) is 12.0. The number of carbonyl (C=O) groups excluding carboxylic acids is 1. The Morgan fingerprint density at radius 1 is 1.24 bits per heavy atom. The van der Waals surface area contributed by atoms with Crippen molar-refractivity contribution in [1.82, 2.24) is 14.5 Å². The van der Waals surface area contributed by atoms with Crippen molar-refractivity contribution in [2.75, 3.05) is 13.2 Å². The van der Waals surface area contributed by atoms with Crippen LogP contribution in [0.5, 0.6) is 5.75 Å². The molecule has 226 valence electrons. The molecule has 0 saturated carbocycles. The number of aliphatic hydroxyl groups excluding tert-OH is 2. The Balaban J connectivity index is 1.53. The monoisotopic (exact) mass is 600 g/mol. The van der Waals surface area contributed by atoms with E-state index in [0.717, 1.165) is 12.8 Å². The van der Waals surface area contributed by atoms with Crippen LogP contribution < -0.4 is 9.61 Å². The molecule has 1 fully saturated rings. The van der Waals surface area contributed by atoms with Gasteiger partial charge in [0.25, 0.3) is 0 Å². The molecule has 3 heterocycles. The molecule has 0 bridgehead atoms. The lowest BCUT2D eigenvalue weighted by atomic mass is 9.92. The molecule has 1 saturated heterocycles. The Morgan fingerprint density at radius 2 is 1.95 bits per heavy atom. The number of aryl methyl sites for hydroxylation is 1. The summed E-state index contributed by atoms with van der Waals surface area (Å²) in [4.78, 5) is 16.9. The largest absolute Gasteiger partial charge is 0.464 e. The first-order valence-electron chi connectivity index (χ1n) is 13.9. The van der Waals surface area contributed by atoms with E-state index < -0.39 is 50.3 Å². The van der Waals surface area contributed by atoms with Gasteiger partial charge >= 0.3 is 13.7 Å². The topological polar surface area (TPSA) is 165 Å². The summed E-state index contributed by atoms with van der Waals surface area (Å²) >= 11 is 0. The molecule has 1 aliphatic rings. The van der Waals surface area contributed by atoms with Crippen LogP contribution in [0, 0.1) is 24.2 Å². The van der Waals surface area contributed by atoms with Crippen molar-refractivity contribution in [2.24, 2.45) is 5.92 Å². The number of aromatic nitrogens is 2. The third kappa shape index (κ3) is 6.52. The van der Waals surface area contributed by atoms with E-state index in [1.807, 2.05) is 19.9 Å². The van der Waals surface area contributed by atoms with Crippen molar-refractivity contribution in [3.63, 3.8) is 0 Å². The van der Waals surface area contributed by atoms with E-state index in [1.165, 1.54) is 6.92 Å². The molecular formula is C29H37N4O8P. The molecule has 0 unspecified atom stereocenters. The van der Waals surface area contributed by atoms with Gasteiger partial charge in [0.1, 0.15) is 36.2 Å². The van der Waals surface area contributed by atoms with Crippen molar-refractivity contribution in [3.05, 3.63) is 66.2 Å². The molecule has 12 nitrogen and oxygen atoms in total. The van der Waals surface area contributed by atoms with Gasteiger partial charge in [0.05, 0.1) is 30.1 Å². The third-order valence-corrected chi connectivity index (χ3v) is 9.12. The summed E-state index contributed by atoms with van der Waals surface area (Å²) in [5.74, 6) is -0.229. The lowest BCUT2D eigenvalue weighted by molar-refractivity contribution is -0.146. The standard InChI is InChI=1S/C29H37N4O8P/c1-5-21(6-2)16-38-28(36)20(4)32-42(37,41-22-10-8-7-9-11-22)39-17-24-26(34)27(35)29(18-30,40-24)25-13-12-23-19(3)31-14-15-33(23)25/h7-15,20-21,24,26-27,34-35H,5-6,16-17H2,1-4H3,(H,32,37)/t20-,24+,26+,27+,29-,42-/m0/s1. The lowest BCUT2D eigenvalue weighted by Gasteiger charge is -2.26. The SMILES string of the molecule is CCC(CC)COC(=O)[C@H](C)N[P@](=O)(OC[C@H]1O[C@@](C#N)(c2ccc3c(C)nccn23)[C@H](O)[C@@H]1O)Oc1ccccc1. The molecule has 0 amide bonds. The van der Waals surface area contributed by atoms with Crippen LogP contribution in [-0.4, -0.2) is 63.1 Å². The number of fused-ring (bicyclic) bond motifs is 1. The molecule has 4 rings (SSSR count). The van der Waals surface area contributed by atoms with Crippen LogP contribution in [0.1, 0.15) is 45.0 Å². The molecule has 2 aromatic heterocycles. The molecule has 0 aliphatic carbocycles. The summed E-state index contributed by atoms with van der Waals surface area (Å²) in [6, 6.07) is 12.5. The van der Waals surface area contributed by atoms with Crippen molar-refractivity contribution in [3.8, 4) is 11.8 Å². The van der Waals surface area contributed by atoms with E-state index >= 15 is 0 Å². The van der Waals surface area contributed by atoms with Crippen LogP contribution >= 0.6 is 7.75 Å². The summed E-state index contributed by atoms with van der Waals surface area (Å²) in [5, 5.41) is 34.8. The molecule has 1 aromatic carbocycles. The molecular weight excluding hydrogens is 563 g/mol. The first kappa shape index (κ1) is 31.6. The predicted octanol–water partition coefficient (Wildman–Crippen LogP) is 3.64. The maximum absolute atomic E-state index is 13.9. The van der Waals surface area contributed by atoms with Crippen LogP contribution in [0.15, 0.2) is 54.9 Å². The van der Waals surface area contributed by atoms with E-state index in [1.54, 1.807) is 66.2 Å². The predicted molar refractivity (Wildman–Crippen MR) is 152 cm³/mol. The van der Waals surface area contributed by atoms with E-state index in [4.69, 9.17) is 18.5 Å². The van der Waals surface area contributed by atoms with Gasteiger partial charge in [0, 0.05) is 12.4 Å². The van der Waals surface area contributed by atoms with Gasteiger partial charge in [-0.25, -0.2) is 4.57 Å². The van der Waals surface area contributed by atoms with Crippen LogP contribution in [0.2, 0.25) is 0 Å². The zero-order valence-electron chi connectivity index (χ0n) is 24.0. The molecule has 3 N–H and O–H groups in total. The van der Waals surface area contributed by atoms with Crippen molar-refractivity contribution in [1.29, 1.82) is 5.26 Å². The third-order valence-electron chi connectivity index (χ3n) is 7.48. The molecule has 3 aromatic rings. The first-order chi connectivity index (χ1) is 20.1. The number of benzene rings is 1. The fourth-order valence-corrected chi connectivity index (χ4v) is 6.32. The Kier molecular flexibility index (Phi) is 10.0. The summed E-state index contributed by atoms with van der Waals surface area (Å²) in [5.41, 5.74) is -0.280. The van der Waals surface area contributed by atoms with Gasteiger partial charge in [0.15, 0.2) is 0 Å². The summed E-state index contributed by atoms with van der Waals surface area (Å²) in [6.07, 6.45) is 0.349. The first-order valence-corrected chi connectivity index (χ1v) is 15.4. The number of aliphatic hydroxyl groups is 2. The Labute approximate surface area is 244 Å². The maximum Gasteiger partial charge on any atom is 0.459 e. The van der Waals surface area contributed by atoms with Gasteiger partial charge in [-0.1, -0.05) is 44.9 Å². The van der Waals surface area contributed by atoms with Gasteiger partial charge in [-0.2, -0.15) is 10.3 Å². The number of ether oxygens (including phenoxy) is 2. The zero-order chi connectivity index (χ0) is 30.5. The number of nitrogens with zero attached hydrogens (tertiary/aromatic N) is 3. The van der Waals surface area contributed by atoms with Crippen LogP contribution in [0.4, 0.5) is 0 Å². The van der Waals surface area contributed by atoms with Crippen molar-refractivity contribution < 1.29 is 38.1 Å². The number of nitrogens with one attached hydrogen (secondary N) is 1. The quantitative estimate of drug-likeness (QED) is 0.194. The van der Waals surface area contributed by atoms with Crippen LogP contribution in [0.25, 0.3) is 5.52 Å². The number of hydrogen-bond acceptors (Lipinski definition) is 10. The molecule has 0 spiro atoms. The number of rotatable bonds is 13. The Bertz CT molecular complexity index is 1460. The number of hydrogen-bond donors (Lipinski definition) is 3. The fraction of sp³-hybridized carbons (Fsp3) is 0.483. The Morgan fingerprint density at radius 3 is 2.62 bits per heavy atom. The smallest absolute Gasteiger partial charge is 0.459 e. The van der Waals surface area contributed by atoms with Gasteiger partial charge in [0.2, 0.25) is 5.60 Å². The second-order valence-electron chi connectivity index (χ2n) is 10.3. The number of nitriles is 1. The Hall–Kier alpha value is -3.30. The van der Waals surface area contributed by atoms with E-state index in [2.05, 4.69) is 10.1 Å². The molecule has 6 atom stereocenters. The van der Waals surface area contributed by atoms with Gasteiger partial charge < -0.3 is 28.6 Å². The van der Waals surface area contributed by atoms with E-state index in [0.29, 0.717) is 11.2 Å². The van der Waals surface area contributed by atoms with E-state index in [9.17, 15) is 24.8 Å². The number of esters is 1. The average molecular weight is 601 g/mol. The normalized spacial score (nSPS) is 24.3. The van der Waals surface area contributed by atoms with Crippen LogP contribution in [0.3, 0.4) is 0 Å². The summed E-state index contributed by atoms with van der Waals surface area (Å²) in [7, 11) is -4.29. The maximum atomic E-state index is 13.9. The molecule has 42 heavy (non-hydrogen) atoms. The molecule has 1 aliphatic heterocycles. The summed E-state index contributed by atoms with van der Waals surface area (Å²) < 4.78 is 38.3. The number of para-hydroxylation sites is 1. The molecule has 13 heteroatoms. The summed E-state index contributed by atoms with van der Waals surface area (Å²) in [6.45, 7) is 6.97.